The van der Waals surface area contributed by atoms with Gasteiger partial charge in [0.05, 0.1) is 21.3 Å². The van der Waals surface area contributed by atoms with E-state index in [2.05, 4.69) is 0 Å². The number of benzene rings is 2. The highest BCUT2D eigenvalue weighted by Gasteiger charge is 2.22. The standard InChI is InChI=1S/C16H14O7/c1-20-10-6-9-11(14(19)16(10)22-3)13(18)12-8(23-9)5-4-7(17)15(12)21-2/h4-6,17,19H,1-3H3. The zero-order valence-electron chi connectivity index (χ0n) is 12.7. The molecule has 2 aromatic carbocycles. The molecule has 3 aromatic rings. The lowest BCUT2D eigenvalue weighted by molar-refractivity contribution is 0.334. The van der Waals surface area contributed by atoms with Crippen molar-refractivity contribution in [2.75, 3.05) is 21.3 Å². The topological polar surface area (TPSA) is 98.4 Å². The summed E-state index contributed by atoms with van der Waals surface area (Å²) < 4.78 is 21.0. The van der Waals surface area contributed by atoms with Crippen LogP contribution in [0.4, 0.5) is 0 Å². The third-order valence-electron chi connectivity index (χ3n) is 3.59. The molecule has 0 unspecified atom stereocenters. The zero-order valence-corrected chi connectivity index (χ0v) is 12.7. The van der Waals surface area contributed by atoms with Crippen molar-refractivity contribution in [1.29, 1.82) is 0 Å². The minimum absolute atomic E-state index is 0.0192. The van der Waals surface area contributed by atoms with Crippen molar-refractivity contribution in [3.8, 4) is 28.7 Å². The highest BCUT2D eigenvalue weighted by atomic mass is 16.5. The summed E-state index contributed by atoms with van der Waals surface area (Å²) in [7, 11) is 4.08. The Kier molecular flexibility index (Phi) is 3.40. The lowest BCUT2D eigenvalue weighted by Crippen LogP contribution is -2.05. The minimum Gasteiger partial charge on any atom is -0.504 e. The largest absolute Gasteiger partial charge is 0.504 e. The SMILES string of the molecule is COc1cc2oc3ccc(O)c(OC)c3c(=O)c2c(O)c1OC. The third kappa shape index (κ3) is 2.01. The Morgan fingerprint density at radius 1 is 0.913 bits per heavy atom. The van der Waals surface area contributed by atoms with E-state index in [-0.39, 0.29) is 44.9 Å². The molecule has 0 saturated carbocycles. The fourth-order valence-electron chi connectivity index (χ4n) is 2.56. The first-order chi connectivity index (χ1) is 11.0. The Morgan fingerprint density at radius 2 is 1.61 bits per heavy atom. The van der Waals surface area contributed by atoms with Gasteiger partial charge < -0.3 is 28.8 Å². The van der Waals surface area contributed by atoms with Gasteiger partial charge in [0.25, 0.3) is 0 Å². The molecule has 0 aliphatic heterocycles. The normalized spacial score (nSPS) is 10.9. The summed E-state index contributed by atoms with van der Waals surface area (Å²) in [5.41, 5.74) is -0.207. The Bertz CT molecular complexity index is 972. The summed E-state index contributed by atoms with van der Waals surface area (Å²) >= 11 is 0. The Morgan fingerprint density at radius 3 is 2.22 bits per heavy atom. The van der Waals surface area contributed by atoms with Crippen molar-refractivity contribution in [2.45, 2.75) is 0 Å². The van der Waals surface area contributed by atoms with Crippen molar-refractivity contribution >= 4 is 21.9 Å². The molecule has 2 N–H and O–H groups in total. The maximum Gasteiger partial charge on any atom is 0.208 e. The van der Waals surface area contributed by atoms with E-state index < -0.39 is 11.2 Å². The average molecular weight is 318 g/mol. The van der Waals surface area contributed by atoms with Crippen LogP contribution in [0.3, 0.4) is 0 Å². The molecule has 1 aromatic heterocycles. The molecule has 0 saturated heterocycles. The van der Waals surface area contributed by atoms with Crippen molar-refractivity contribution in [2.24, 2.45) is 0 Å². The molecule has 0 aliphatic carbocycles. The van der Waals surface area contributed by atoms with Crippen LogP contribution in [0.15, 0.2) is 27.4 Å². The van der Waals surface area contributed by atoms with E-state index >= 15 is 0 Å². The molecule has 0 spiro atoms. The summed E-state index contributed by atoms with van der Waals surface area (Å²) in [6.07, 6.45) is 0. The number of fused-ring (bicyclic) bond motifs is 2. The van der Waals surface area contributed by atoms with Crippen molar-refractivity contribution < 1.29 is 28.8 Å². The molecule has 0 bridgehead atoms. The van der Waals surface area contributed by atoms with Gasteiger partial charge in [0.15, 0.2) is 23.0 Å². The molecule has 7 nitrogen and oxygen atoms in total. The van der Waals surface area contributed by atoms with E-state index in [1.54, 1.807) is 0 Å². The number of aromatic hydroxyl groups is 2. The first-order valence-electron chi connectivity index (χ1n) is 6.63. The molecule has 0 amide bonds. The van der Waals surface area contributed by atoms with Gasteiger partial charge >= 0.3 is 0 Å². The average Bonchev–Trinajstić information content (AvgIpc) is 2.54. The van der Waals surface area contributed by atoms with Gasteiger partial charge in [-0.15, -0.1) is 0 Å². The van der Waals surface area contributed by atoms with E-state index in [4.69, 9.17) is 18.6 Å². The van der Waals surface area contributed by atoms with E-state index in [1.165, 1.54) is 39.5 Å². The van der Waals surface area contributed by atoms with Gasteiger partial charge in [-0.05, 0) is 12.1 Å². The van der Waals surface area contributed by atoms with Gasteiger partial charge in [-0.1, -0.05) is 0 Å². The summed E-state index contributed by atoms with van der Waals surface area (Å²) in [6, 6.07) is 4.26. The molecule has 0 radical (unpaired) electrons. The quantitative estimate of drug-likeness (QED) is 0.715. The van der Waals surface area contributed by atoms with Crippen LogP contribution >= 0.6 is 0 Å². The fourth-order valence-corrected chi connectivity index (χ4v) is 2.56. The van der Waals surface area contributed by atoms with Gasteiger partial charge in [-0.3, -0.25) is 4.79 Å². The summed E-state index contributed by atoms with van der Waals surface area (Å²) in [4.78, 5) is 12.8. The Balaban J connectivity index is 2.58. The van der Waals surface area contributed by atoms with Crippen LogP contribution in [0.25, 0.3) is 21.9 Å². The molecular formula is C16H14O7. The summed E-state index contributed by atoms with van der Waals surface area (Å²) in [5, 5.41) is 20.2. The zero-order chi connectivity index (χ0) is 16.7. The molecule has 23 heavy (non-hydrogen) atoms. The van der Waals surface area contributed by atoms with Crippen LogP contribution < -0.4 is 19.6 Å². The molecule has 1 heterocycles. The predicted octanol–water partition coefficient (Wildman–Crippen LogP) is 2.38. The van der Waals surface area contributed by atoms with E-state index in [0.29, 0.717) is 0 Å². The summed E-state index contributed by atoms with van der Waals surface area (Å²) in [5.74, 6) is -0.377. The van der Waals surface area contributed by atoms with E-state index in [0.717, 1.165) is 0 Å². The van der Waals surface area contributed by atoms with Crippen LogP contribution in [0.1, 0.15) is 0 Å². The van der Waals surface area contributed by atoms with Crippen molar-refractivity contribution in [3.63, 3.8) is 0 Å². The lowest BCUT2D eigenvalue weighted by atomic mass is 10.1. The smallest absolute Gasteiger partial charge is 0.208 e. The second kappa shape index (κ2) is 5.28. The molecule has 0 fully saturated rings. The highest BCUT2D eigenvalue weighted by molar-refractivity contribution is 5.98. The number of phenolic OH excluding ortho intramolecular Hbond substituents is 2. The van der Waals surface area contributed by atoms with Crippen molar-refractivity contribution in [1.82, 2.24) is 0 Å². The maximum absolute atomic E-state index is 12.8. The first-order valence-corrected chi connectivity index (χ1v) is 6.63. The Hall–Kier alpha value is -3.09. The van der Waals surface area contributed by atoms with Gasteiger partial charge in [0, 0.05) is 6.07 Å². The molecular weight excluding hydrogens is 304 g/mol. The van der Waals surface area contributed by atoms with Crippen LogP contribution in [-0.2, 0) is 0 Å². The Labute approximate surface area is 130 Å². The van der Waals surface area contributed by atoms with Crippen LogP contribution in [-0.4, -0.2) is 31.5 Å². The fraction of sp³-hybridized carbons (Fsp3) is 0.188. The number of ether oxygens (including phenoxy) is 3. The second-order valence-corrected chi connectivity index (χ2v) is 4.76. The second-order valence-electron chi connectivity index (χ2n) is 4.76. The predicted molar refractivity (Wildman–Crippen MR) is 83.0 cm³/mol. The minimum atomic E-state index is -0.549. The number of hydrogen-bond acceptors (Lipinski definition) is 7. The molecule has 3 rings (SSSR count). The highest BCUT2D eigenvalue weighted by Crippen LogP contribution is 2.43. The first kappa shape index (κ1) is 14.8. The maximum atomic E-state index is 12.8. The number of hydrogen-bond donors (Lipinski definition) is 2. The van der Waals surface area contributed by atoms with E-state index in [9.17, 15) is 15.0 Å². The third-order valence-corrected chi connectivity index (χ3v) is 3.59. The number of rotatable bonds is 3. The van der Waals surface area contributed by atoms with E-state index in [1.807, 2.05) is 0 Å². The monoisotopic (exact) mass is 318 g/mol. The van der Waals surface area contributed by atoms with Crippen LogP contribution in [0.5, 0.6) is 28.7 Å². The van der Waals surface area contributed by atoms with Gasteiger partial charge in [-0.25, -0.2) is 0 Å². The number of methoxy groups -OCH3 is 3. The molecule has 0 atom stereocenters. The lowest BCUT2D eigenvalue weighted by Gasteiger charge is -2.12. The molecule has 120 valence electrons. The molecule has 7 heteroatoms. The van der Waals surface area contributed by atoms with Crippen molar-refractivity contribution in [3.05, 3.63) is 28.4 Å². The number of phenols is 2. The van der Waals surface area contributed by atoms with Gasteiger partial charge in [-0.2, -0.15) is 0 Å². The summed E-state index contributed by atoms with van der Waals surface area (Å²) in [6.45, 7) is 0. The van der Waals surface area contributed by atoms with Crippen LogP contribution in [0, 0.1) is 0 Å². The van der Waals surface area contributed by atoms with Gasteiger partial charge in [0.1, 0.15) is 21.9 Å². The van der Waals surface area contributed by atoms with Crippen LogP contribution in [0.2, 0.25) is 0 Å². The van der Waals surface area contributed by atoms with Gasteiger partial charge in [0.2, 0.25) is 11.2 Å². The molecule has 0 aliphatic rings.